The lowest BCUT2D eigenvalue weighted by molar-refractivity contribution is 0.0697. The van der Waals surface area contributed by atoms with E-state index >= 15 is 0 Å². The number of nitrogens with zero attached hydrogens (tertiary/aromatic N) is 4. The van der Waals surface area contributed by atoms with Gasteiger partial charge in [-0.15, -0.1) is 0 Å². The van der Waals surface area contributed by atoms with Crippen LogP contribution < -0.4 is 4.90 Å². The molecule has 0 saturated carbocycles. The Morgan fingerprint density at radius 2 is 2.05 bits per heavy atom. The van der Waals surface area contributed by atoms with Gasteiger partial charge in [0.05, 0.1) is 17.4 Å². The molecular formula is C16H16N4O2. The van der Waals surface area contributed by atoms with E-state index < -0.39 is 5.97 Å². The third-order valence-electron chi connectivity index (χ3n) is 3.58. The van der Waals surface area contributed by atoms with Crippen molar-refractivity contribution >= 4 is 22.8 Å². The fourth-order valence-electron chi connectivity index (χ4n) is 2.42. The minimum atomic E-state index is -0.969. The Morgan fingerprint density at radius 3 is 2.86 bits per heavy atom. The number of imidazole rings is 1. The van der Waals surface area contributed by atoms with E-state index in [1.165, 1.54) is 0 Å². The molecule has 1 N–H and O–H groups in total. The van der Waals surface area contributed by atoms with Crippen LogP contribution in [0.5, 0.6) is 0 Å². The second-order valence-electron chi connectivity index (χ2n) is 5.03. The lowest BCUT2D eigenvalue weighted by Gasteiger charge is -2.20. The summed E-state index contributed by atoms with van der Waals surface area (Å²) in [5, 5.41) is 9.23. The van der Waals surface area contributed by atoms with E-state index in [1.54, 1.807) is 24.7 Å². The van der Waals surface area contributed by atoms with E-state index in [0.717, 1.165) is 11.0 Å². The molecule has 0 aliphatic carbocycles. The van der Waals surface area contributed by atoms with Crippen molar-refractivity contribution in [2.75, 3.05) is 18.5 Å². The van der Waals surface area contributed by atoms with E-state index in [-0.39, 0.29) is 5.56 Å². The van der Waals surface area contributed by atoms with Crippen molar-refractivity contribution in [3.05, 3.63) is 54.5 Å². The molecule has 0 unspecified atom stereocenters. The lowest BCUT2D eigenvalue weighted by atomic mass is 10.2. The summed E-state index contributed by atoms with van der Waals surface area (Å²) >= 11 is 0. The molecule has 2 aromatic heterocycles. The molecule has 6 heteroatoms. The van der Waals surface area contributed by atoms with Gasteiger partial charge in [-0.2, -0.15) is 0 Å². The molecule has 0 saturated heterocycles. The Bertz CT molecular complexity index is 813. The molecule has 3 aromatic rings. The first-order chi connectivity index (χ1) is 10.7. The van der Waals surface area contributed by atoms with Gasteiger partial charge in [-0.25, -0.2) is 14.8 Å². The normalized spacial score (nSPS) is 10.8. The van der Waals surface area contributed by atoms with Crippen LogP contribution in [0.15, 0.2) is 48.9 Å². The summed E-state index contributed by atoms with van der Waals surface area (Å²) in [6.07, 6.45) is 3.40. The summed E-state index contributed by atoms with van der Waals surface area (Å²) in [5.74, 6) is -0.498. The van der Waals surface area contributed by atoms with Gasteiger partial charge in [0, 0.05) is 26.3 Å². The van der Waals surface area contributed by atoms with Crippen LogP contribution in [0.2, 0.25) is 0 Å². The first-order valence-electron chi connectivity index (χ1n) is 6.96. The van der Waals surface area contributed by atoms with Gasteiger partial charge in [0.25, 0.3) is 0 Å². The first-order valence-corrected chi connectivity index (χ1v) is 6.96. The molecular weight excluding hydrogens is 280 g/mol. The average Bonchev–Trinajstić information content (AvgIpc) is 2.96. The van der Waals surface area contributed by atoms with Gasteiger partial charge in [-0.3, -0.25) is 0 Å². The van der Waals surface area contributed by atoms with Crippen LogP contribution in [-0.4, -0.2) is 39.2 Å². The predicted molar refractivity (Wildman–Crippen MR) is 84.2 cm³/mol. The molecule has 2 heterocycles. The first kappa shape index (κ1) is 14.1. The maximum atomic E-state index is 11.3. The lowest BCUT2D eigenvalue weighted by Crippen LogP contribution is -2.25. The van der Waals surface area contributed by atoms with Gasteiger partial charge in [-0.05, 0) is 24.3 Å². The highest BCUT2D eigenvalue weighted by Gasteiger charge is 2.14. The molecule has 0 fully saturated rings. The monoisotopic (exact) mass is 296 g/mol. The largest absolute Gasteiger partial charge is 0.478 e. The molecule has 0 amide bonds. The minimum absolute atomic E-state index is 0.209. The second-order valence-corrected chi connectivity index (χ2v) is 5.03. The highest BCUT2D eigenvalue weighted by Crippen LogP contribution is 2.16. The van der Waals surface area contributed by atoms with Gasteiger partial charge in [0.2, 0.25) is 0 Å². The summed E-state index contributed by atoms with van der Waals surface area (Å²) in [6, 6.07) is 11.1. The summed E-state index contributed by atoms with van der Waals surface area (Å²) in [4.78, 5) is 21.6. The molecule has 6 nitrogen and oxygen atoms in total. The Morgan fingerprint density at radius 1 is 1.23 bits per heavy atom. The highest BCUT2D eigenvalue weighted by molar-refractivity contribution is 5.93. The molecule has 0 aliphatic rings. The van der Waals surface area contributed by atoms with Crippen LogP contribution in [0, 0.1) is 0 Å². The molecule has 22 heavy (non-hydrogen) atoms. The molecule has 1 aromatic carbocycles. The number of rotatable bonds is 5. The fraction of sp³-hybridized carbons (Fsp3) is 0.188. The number of carboxylic acid groups (broad SMARTS) is 1. The zero-order valence-corrected chi connectivity index (χ0v) is 12.2. The highest BCUT2D eigenvalue weighted by atomic mass is 16.4. The van der Waals surface area contributed by atoms with Crippen LogP contribution >= 0.6 is 0 Å². The van der Waals surface area contributed by atoms with Gasteiger partial charge in [0.15, 0.2) is 0 Å². The number of anilines is 1. The molecule has 112 valence electrons. The Kier molecular flexibility index (Phi) is 3.74. The average molecular weight is 296 g/mol. The number of pyridine rings is 1. The number of benzene rings is 1. The maximum Gasteiger partial charge on any atom is 0.339 e. The number of fused-ring (bicyclic) bond motifs is 1. The number of hydrogen-bond acceptors (Lipinski definition) is 4. The smallest absolute Gasteiger partial charge is 0.339 e. The van der Waals surface area contributed by atoms with Crippen LogP contribution in [0.1, 0.15) is 10.4 Å². The second kappa shape index (κ2) is 5.85. The summed E-state index contributed by atoms with van der Waals surface area (Å²) < 4.78 is 2.05. The zero-order valence-electron chi connectivity index (χ0n) is 12.2. The van der Waals surface area contributed by atoms with Crippen LogP contribution in [0.4, 0.5) is 5.82 Å². The Hall–Kier alpha value is -2.89. The minimum Gasteiger partial charge on any atom is -0.478 e. The van der Waals surface area contributed by atoms with Gasteiger partial charge in [-0.1, -0.05) is 12.1 Å². The number of carbonyl (C=O) groups is 1. The number of para-hydroxylation sites is 2. The molecule has 0 aliphatic heterocycles. The molecule has 0 bridgehead atoms. The summed E-state index contributed by atoms with van der Waals surface area (Å²) in [6.45, 7) is 1.34. The van der Waals surface area contributed by atoms with Gasteiger partial charge < -0.3 is 14.6 Å². The SMILES string of the molecule is CN(CCn1cnc2ccccc21)c1ncccc1C(=O)O. The van der Waals surface area contributed by atoms with E-state index in [2.05, 4.69) is 14.5 Å². The third kappa shape index (κ3) is 2.63. The number of likely N-dealkylation sites (N-methyl/N-ethyl adjacent to an activating group) is 1. The molecule has 3 rings (SSSR count). The van der Waals surface area contributed by atoms with Crippen LogP contribution in [-0.2, 0) is 6.54 Å². The van der Waals surface area contributed by atoms with Crippen molar-refractivity contribution in [1.82, 2.24) is 14.5 Å². The van der Waals surface area contributed by atoms with Crippen molar-refractivity contribution in [1.29, 1.82) is 0 Å². The van der Waals surface area contributed by atoms with Crippen molar-refractivity contribution < 1.29 is 9.90 Å². The van der Waals surface area contributed by atoms with Crippen molar-refractivity contribution in [2.24, 2.45) is 0 Å². The third-order valence-corrected chi connectivity index (χ3v) is 3.58. The van der Waals surface area contributed by atoms with Crippen LogP contribution in [0.25, 0.3) is 11.0 Å². The number of aromatic nitrogens is 3. The van der Waals surface area contributed by atoms with Crippen molar-refractivity contribution in [3.8, 4) is 0 Å². The fourth-order valence-corrected chi connectivity index (χ4v) is 2.42. The molecule has 0 atom stereocenters. The topological polar surface area (TPSA) is 71.2 Å². The van der Waals surface area contributed by atoms with E-state index in [4.69, 9.17) is 0 Å². The zero-order chi connectivity index (χ0) is 15.5. The van der Waals surface area contributed by atoms with Crippen molar-refractivity contribution in [2.45, 2.75) is 6.54 Å². The van der Waals surface area contributed by atoms with Crippen LogP contribution in [0.3, 0.4) is 0 Å². The summed E-state index contributed by atoms with van der Waals surface area (Å²) in [7, 11) is 1.84. The Balaban J connectivity index is 1.78. The number of hydrogen-bond donors (Lipinski definition) is 1. The summed E-state index contributed by atoms with van der Waals surface area (Å²) in [5.41, 5.74) is 2.23. The van der Waals surface area contributed by atoms with Crippen molar-refractivity contribution in [3.63, 3.8) is 0 Å². The standard InChI is InChI=1S/C16H16N4O2/c1-19(15-12(16(21)22)5-4-8-17-15)9-10-20-11-18-13-6-2-3-7-14(13)20/h2-8,11H,9-10H2,1H3,(H,21,22). The Labute approximate surface area is 127 Å². The van der Waals surface area contributed by atoms with Gasteiger partial charge in [0.1, 0.15) is 11.4 Å². The predicted octanol–water partition coefficient (Wildman–Crippen LogP) is 2.27. The maximum absolute atomic E-state index is 11.3. The number of aromatic carboxylic acids is 1. The van der Waals surface area contributed by atoms with E-state index in [1.807, 2.05) is 36.2 Å². The van der Waals surface area contributed by atoms with E-state index in [9.17, 15) is 9.90 Å². The quantitative estimate of drug-likeness (QED) is 0.782. The van der Waals surface area contributed by atoms with Gasteiger partial charge >= 0.3 is 5.97 Å². The number of carboxylic acids is 1. The van der Waals surface area contributed by atoms with E-state index in [0.29, 0.717) is 18.9 Å². The molecule has 0 radical (unpaired) electrons. The molecule has 0 spiro atoms.